The van der Waals surface area contributed by atoms with Crippen LogP contribution < -0.4 is 10.2 Å². The lowest BCUT2D eigenvalue weighted by atomic mass is 10.0. The van der Waals surface area contributed by atoms with E-state index < -0.39 is 0 Å². The number of likely N-dealkylation sites (tertiary alicyclic amines) is 1. The van der Waals surface area contributed by atoms with E-state index >= 15 is 0 Å². The molecule has 0 aromatic carbocycles. The largest absolute Gasteiger partial charge is 0.354 e. The van der Waals surface area contributed by atoms with E-state index in [1.54, 1.807) is 11.3 Å². The maximum Gasteiger partial charge on any atom is 0.193 e. The minimum Gasteiger partial charge on any atom is -0.354 e. The normalized spacial score (nSPS) is 20.1. The first kappa shape index (κ1) is 15.1. The minimum atomic E-state index is 0.738. The Morgan fingerprint density at radius 2 is 2.40 bits per heavy atom. The lowest BCUT2D eigenvalue weighted by molar-refractivity contribution is 0.266. The highest BCUT2D eigenvalue weighted by atomic mass is 32.1. The molecule has 1 fully saturated rings. The molecule has 1 aliphatic rings. The molecular weight excluding hydrogens is 270 g/mol. The van der Waals surface area contributed by atoms with Gasteiger partial charge < -0.3 is 15.1 Å². The molecule has 1 atom stereocenters. The fourth-order valence-electron chi connectivity index (χ4n) is 2.47. The van der Waals surface area contributed by atoms with E-state index in [1.807, 2.05) is 26.0 Å². The number of aliphatic imine (C=N–C) groups is 1. The zero-order chi connectivity index (χ0) is 14.5. The molecule has 1 saturated heterocycles. The van der Waals surface area contributed by atoms with Gasteiger partial charge in [-0.05, 0) is 18.8 Å². The molecule has 20 heavy (non-hydrogen) atoms. The quantitative estimate of drug-likeness (QED) is 0.684. The third kappa shape index (κ3) is 3.85. The molecule has 1 aromatic heterocycles. The molecule has 112 valence electrons. The van der Waals surface area contributed by atoms with Crippen LogP contribution >= 0.6 is 11.3 Å². The molecule has 1 aliphatic heterocycles. The van der Waals surface area contributed by atoms with Gasteiger partial charge in [0, 0.05) is 39.6 Å². The number of hydrogen-bond acceptors (Lipinski definition) is 4. The SMILES string of the molecule is CN=C(NCc1csc(N(C)C)n1)N1CCCC(C)C1. The van der Waals surface area contributed by atoms with Crippen molar-refractivity contribution in [3.8, 4) is 0 Å². The number of piperidine rings is 1. The highest BCUT2D eigenvalue weighted by Crippen LogP contribution is 2.18. The van der Waals surface area contributed by atoms with Gasteiger partial charge in [0.25, 0.3) is 0 Å². The van der Waals surface area contributed by atoms with Gasteiger partial charge in [0.2, 0.25) is 0 Å². The molecule has 1 unspecified atom stereocenters. The number of nitrogens with zero attached hydrogens (tertiary/aromatic N) is 4. The van der Waals surface area contributed by atoms with E-state index in [9.17, 15) is 0 Å². The van der Waals surface area contributed by atoms with Gasteiger partial charge in [0.15, 0.2) is 11.1 Å². The number of guanidine groups is 1. The summed E-state index contributed by atoms with van der Waals surface area (Å²) in [4.78, 5) is 13.4. The highest BCUT2D eigenvalue weighted by molar-refractivity contribution is 7.13. The van der Waals surface area contributed by atoms with Gasteiger partial charge in [0.05, 0.1) is 12.2 Å². The Labute approximate surface area is 125 Å². The summed E-state index contributed by atoms with van der Waals surface area (Å²) in [5.74, 6) is 1.75. The summed E-state index contributed by atoms with van der Waals surface area (Å²) in [6.07, 6.45) is 2.58. The Kier molecular flexibility index (Phi) is 5.23. The lowest BCUT2D eigenvalue weighted by Gasteiger charge is -2.33. The van der Waals surface area contributed by atoms with Crippen LogP contribution in [0, 0.1) is 5.92 Å². The first-order chi connectivity index (χ1) is 9.60. The summed E-state index contributed by atoms with van der Waals surface area (Å²) >= 11 is 1.67. The number of anilines is 1. The third-order valence-electron chi connectivity index (χ3n) is 3.52. The second-order valence-corrected chi connectivity index (χ2v) is 6.45. The predicted octanol–water partition coefficient (Wildman–Crippen LogP) is 2.02. The monoisotopic (exact) mass is 295 g/mol. The van der Waals surface area contributed by atoms with Gasteiger partial charge in [-0.1, -0.05) is 6.92 Å². The second-order valence-electron chi connectivity index (χ2n) is 5.61. The van der Waals surface area contributed by atoms with Crippen LogP contribution in [0.4, 0.5) is 5.13 Å². The topological polar surface area (TPSA) is 43.8 Å². The van der Waals surface area contributed by atoms with Crippen molar-refractivity contribution in [2.45, 2.75) is 26.3 Å². The van der Waals surface area contributed by atoms with Crippen LogP contribution in [0.2, 0.25) is 0 Å². The Morgan fingerprint density at radius 3 is 3.00 bits per heavy atom. The zero-order valence-electron chi connectivity index (χ0n) is 12.9. The van der Waals surface area contributed by atoms with Crippen molar-refractivity contribution >= 4 is 22.4 Å². The Hall–Kier alpha value is -1.30. The van der Waals surface area contributed by atoms with E-state index in [0.29, 0.717) is 0 Å². The predicted molar refractivity (Wildman–Crippen MR) is 86.6 cm³/mol. The van der Waals surface area contributed by atoms with Crippen LogP contribution in [0.5, 0.6) is 0 Å². The molecule has 1 N–H and O–H groups in total. The average molecular weight is 295 g/mol. The number of rotatable bonds is 3. The van der Waals surface area contributed by atoms with Gasteiger partial charge in [-0.15, -0.1) is 11.3 Å². The molecule has 5 nitrogen and oxygen atoms in total. The van der Waals surface area contributed by atoms with Crippen LogP contribution in [0.25, 0.3) is 0 Å². The van der Waals surface area contributed by atoms with Crippen LogP contribution in [0.1, 0.15) is 25.5 Å². The molecular formula is C14H25N5S. The van der Waals surface area contributed by atoms with E-state index in [0.717, 1.165) is 42.3 Å². The van der Waals surface area contributed by atoms with Gasteiger partial charge >= 0.3 is 0 Å². The molecule has 6 heteroatoms. The van der Waals surface area contributed by atoms with Gasteiger partial charge in [0.1, 0.15) is 0 Å². The molecule has 0 bridgehead atoms. The maximum atomic E-state index is 4.58. The fourth-order valence-corrected chi connectivity index (χ4v) is 3.22. The lowest BCUT2D eigenvalue weighted by Crippen LogP contribution is -2.45. The van der Waals surface area contributed by atoms with Crippen molar-refractivity contribution in [3.63, 3.8) is 0 Å². The van der Waals surface area contributed by atoms with Crippen molar-refractivity contribution in [1.29, 1.82) is 0 Å². The van der Waals surface area contributed by atoms with Crippen LogP contribution in [0.3, 0.4) is 0 Å². The van der Waals surface area contributed by atoms with Gasteiger partial charge in [-0.2, -0.15) is 0 Å². The molecule has 0 spiro atoms. The Balaban J connectivity index is 1.90. The molecule has 0 aliphatic carbocycles. The van der Waals surface area contributed by atoms with Crippen LogP contribution in [-0.2, 0) is 6.54 Å². The summed E-state index contributed by atoms with van der Waals surface area (Å²) < 4.78 is 0. The third-order valence-corrected chi connectivity index (χ3v) is 4.58. The summed E-state index contributed by atoms with van der Waals surface area (Å²) in [6, 6.07) is 0. The smallest absolute Gasteiger partial charge is 0.193 e. The molecule has 2 rings (SSSR count). The standard InChI is InChI=1S/C14H25N5S/c1-11-6-5-7-19(9-11)13(15-2)16-8-12-10-20-14(17-12)18(3)4/h10-11H,5-9H2,1-4H3,(H,15,16). The average Bonchev–Trinajstić information content (AvgIpc) is 2.88. The van der Waals surface area contributed by atoms with Crippen LogP contribution in [0.15, 0.2) is 10.4 Å². The highest BCUT2D eigenvalue weighted by Gasteiger charge is 2.19. The minimum absolute atomic E-state index is 0.738. The van der Waals surface area contributed by atoms with Crippen molar-refractivity contribution in [2.24, 2.45) is 10.9 Å². The Morgan fingerprint density at radius 1 is 1.60 bits per heavy atom. The van der Waals surface area contributed by atoms with E-state index in [4.69, 9.17) is 0 Å². The van der Waals surface area contributed by atoms with E-state index in [2.05, 4.69) is 32.5 Å². The van der Waals surface area contributed by atoms with Crippen molar-refractivity contribution in [1.82, 2.24) is 15.2 Å². The molecule has 0 radical (unpaired) electrons. The van der Waals surface area contributed by atoms with Crippen molar-refractivity contribution in [3.05, 3.63) is 11.1 Å². The maximum absolute atomic E-state index is 4.58. The van der Waals surface area contributed by atoms with E-state index in [1.165, 1.54) is 12.8 Å². The van der Waals surface area contributed by atoms with Gasteiger partial charge in [-0.3, -0.25) is 4.99 Å². The molecule has 2 heterocycles. The van der Waals surface area contributed by atoms with Crippen molar-refractivity contribution in [2.75, 3.05) is 39.1 Å². The van der Waals surface area contributed by atoms with Crippen LogP contribution in [-0.4, -0.2) is 50.1 Å². The summed E-state index contributed by atoms with van der Waals surface area (Å²) in [6.45, 7) is 5.24. The number of thiazole rings is 1. The first-order valence-corrected chi connectivity index (χ1v) is 8.05. The number of nitrogens with one attached hydrogen (secondary N) is 1. The van der Waals surface area contributed by atoms with E-state index in [-0.39, 0.29) is 0 Å². The molecule has 0 saturated carbocycles. The number of aromatic nitrogens is 1. The van der Waals surface area contributed by atoms with Crippen molar-refractivity contribution < 1.29 is 0 Å². The van der Waals surface area contributed by atoms with Gasteiger partial charge in [-0.25, -0.2) is 4.98 Å². The summed E-state index contributed by atoms with van der Waals surface area (Å²) in [5, 5.41) is 6.58. The summed E-state index contributed by atoms with van der Waals surface area (Å²) in [5.41, 5.74) is 1.07. The fraction of sp³-hybridized carbons (Fsp3) is 0.714. The summed E-state index contributed by atoms with van der Waals surface area (Å²) in [7, 11) is 5.89. The zero-order valence-corrected chi connectivity index (χ0v) is 13.7. The molecule has 1 aromatic rings. The first-order valence-electron chi connectivity index (χ1n) is 7.17. The molecule has 0 amide bonds. The Bertz CT molecular complexity index is 454. The number of hydrogen-bond donors (Lipinski definition) is 1. The second kappa shape index (κ2) is 6.92.